The molecular weight excluding hydrogens is 294 g/mol. The third kappa shape index (κ3) is 3.72. The van der Waals surface area contributed by atoms with E-state index in [2.05, 4.69) is 25.3 Å². The molecule has 0 atom stereocenters. The Balaban J connectivity index is 2.25. The number of amides is 1. The predicted octanol–water partition coefficient (Wildman–Crippen LogP) is 0.724. The van der Waals surface area contributed by atoms with Crippen LogP contribution in [0.4, 0.5) is 11.6 Å². The molecule has 1 aromatic rings. The van der Waals surface area contributed by atoms with E-state index in [1.807, 2.05) is 0 Å². The van der Waals surface area contributed by atoms with Crippen molar-refractivity contribution in [3.05, 3.63) is 10.8 Å². The number of carbonyl (C=O) groups is 1. The van der Waals surface area contributed by atoms with Gasteiger partial charge in [0.15, 0.2) is 22.5 Å². The number of hydrogen-bond acceptors (Lipinski definition) is 7. The minimum atomic E-state index is -0.557. The fourth-order valence-corrected chi connectivity index (χ4v) is 2.48. The van der Waals surface area contributed by atoms with Crippen LogP contribution in [0.2, 0.25) is 5.15 Å². The normalized spacial score (nSPS) is 16.0. The number of aromatic nitrogens is 2. The van der Waals surface area contributed by atoms with Gasteiger partial charge >= 0.3 is 0 Å². The van der Waals surface area contributed by atoms with Crippen molar-refractivity contribution in [2.24, 2.45) is 10.9 Å². The summed E-state index contributed by atoms with van der Waals surface area (Å²) in [6.45, 7) is 1.72. The van der Waals surface area contributed by atoms with Gasteiger partial charge in [-0.3, -0.25) is 4.79 Å². The maximum absolute atomic E-state index is 11.8. The molecule has 0 bridgehead atoms. The topological polar surface area (TPSA) is 123 Å². The largest absolute Gasteiger partial charge is 0.382 e. The molecule has 21 heavy (non-hydrogen) atoms. The van der Waals surface area contributed by atoms with Gasteiger partial charge in [-0.25, -0.2) is 9.97 Å². The minimum absolute atomic E-state index is 0.0292. The van der Waals surface area contributed by atoms with Crippen LogP contribution in [0, 0.1) is 0 Å². The van der Waals surface area contributed by atoms with Crippen molar-refractivity contribution in [1.82, 2.24) is 15.3 Å². The molecule has 1 aromatic heterocycles. The summed E-state index contributed by atoms with van der Waals surface area (Å²) in [6, 6.07) is 0. The number of rotatable bonds is 3. The molecule has 1 saturated heterocycles. The van der Waals surface area contributed by atoms with Gasteiger partial charge in [-0.05, 0) is 12.8 Å². The average molecular weight is 312 g/mol. The van der Waals surface area contributed by atoms with Crippen molar-refractivity contribution in [3.63, 3.8) is 0 Å². The number of hydrogen-bond donors (Lipinski definition) is 3. The molecule has 0 spiro atoms. The Morgan fingerprint density at radius 2 is 1.95 bits per heavy atom. The number of halogens is 1. The van der Waals surface area contributed by atoms with Crippen LogP contribution in [0.15, 0.2) is 5.10 Å². The Morgan fingerprint density at radius 3 is 2.57 bits per heavy atom. The van der Waals surface area contributed by atoms with Gasteiger partial charge in [0.25, 0.3) is 5.91 Å². The van der Waals surface area contributed by atoms with Gasteiger partial charge < -0.3 is 21.8 Å². The van der Waals surface area contributed by atoms with Crippen LogP contribution in [0.3, 0.4) is 0 Å². The highest BCUT2D eigenvalue weighted by atomic mass is 35.5. The average Bonchev–Trinajstić information content (AvgIpc) is 2.75. The van der Waals surface area contributed by atoms with Gasteiger partial charge in [-0.15, -0.1) is 0 Å². The summed E-state index contributed by atoms with van der Waals surface area (Å²) in [6.07, 6.45) is 5.58. The predicted molar refractivity (Wildman–Crippen MR) is 82.3 cm³/mol. The van der Waals surface area contributed by atoms with Crippen molar-refractivity contribution in [2.75, 3.05) is 23.7 Å². The van der Waals surface area contributed by atoms with Gasteiger partial charge in [-0.1, -0.05) is 24.4 Å². The smallest absolute Gasteiger partial charge is 0.278 e. The van der Waals surface area contributed by atoms with E-state index in [0.717, 1.165) is 32.3 Å². The number of nitrogens with zero attached hydrogens (tertiary/aromatic N) is 4. The van der Waals surface area contributed by atoms with E-state index < -0.39 is 5.91 Å². The molecule has 0 saturated carbocycles. The second-order valence-corrected chi connectivity index (χ2v) is 5.08. The van der Waals surface area contributed by atoms with Crippen LogP contribution < -0.4 is 21.8 Å². The lowest BCUT2D eigenvalue weighted by atomic mass is 10.2. The molecule has 1 aliphatic rings. The summed E-state index contributed by atoms with van der Waals surface area (Å²) >= 11 is 6.16. The quantitative estimate of drug-likeness (QED) is 0.327. The van der Waals surface area contributed by atoms with E-state index in [1.165, 1.54) is 12.8 Å². The van der Waals surface area contributed by atoms with E-state index in [-0.39, 0.29) is 16.7 Å². The monoisotopic (exact) mass is 311 g/mol. The number of nitrogens with two attached hydrogens (primary N) is 2. The first kappa shape index (κ1) is 15.3. The molecule has 8 nitrogen and oxygen atoms in total. The number of nitrogen functional groups attached to an aromatic ring is 1. The molecule has 2 rings (SSSR count). The second kappa shape index (κ2) is 7.07. The lowest BCUT2D eigenvalue weighted by molar-refractivity contribution is 0.0974. The van der Waals surface area contributed by atoms with Crippen molar-refractivity contribution in [3.8, 4) is 0 Å². The van der Waals surface area contributed by atoms with Gasteiger partial charge in [0, 0.05) is 13.1 Å². The summed E-state index contributed by atoms with van der Waals surface area (Å²) in [7, 11) is 0. The molecule has 0 unspecified atom stereocenters. The molecule has 2 heterocycles. The lowest BCUT2D eigenvalue weighted by Gasteiger charge is -2.22. The number of anilines is 2. The molecule has 1 aliphatic heterocycles. The standard InChI is InChI=1S/C12H18ClN7O/c13-9-11(20-5-3-1-2-4-6-20)19-10(14)8(18-9)12(21)16-7-17-15/h7H,1-6,15H2,(H2,14,19)(H,16,17,21). The summed E-state index contributed by atoms with van der Waals surface area (Å²) in [4.78, 5) is 22.2. The molecule has 1 fully saturated rings. The third-order valence-electron chi connectivity index (χ3n) is 3.25. The fraction of sp³-hybridized carbons (Fsp3) is 0.500. The number of nitrogens with one attached hydrogen (secondary N) is 1. The zero-order valence-electron chi connectivity index (χ0n) is 11.5. The van der Waals surface area contributed by atoms with Crippen LogP contribution in [-0.2, 0) is 0 Å². The number of hydrazone groups is 1. The molecule has 5 N–H and O–H groups in total. The van der Waals surface area contributed by atoms with Crippen LogP contribution in [0.1, 0.15) is 36.2 Å². The summed E-state index contributed by atoms with van der Waals surface area (Å²) in [5.74, 6) is 4.91. The number of carbonyl (C=O) groups excluding carboxylic acids is 1. The summed E-state index contributed by atoms with van der Waals surface area (Å²) in [5.41, 5.74) is 5.77. The van der Waals surface area contributed by atoms with Crippen molar-refractivity contribution in [2.45, 2.75) is 25.7 Å². The molecule has 0 radical (unpaired) electrons. The van der Waals surface area contributed by atoms with Crippen LogP contribution >= 0.6 is 11.6 Å². The Morgan fingerprint density at radius 1 is 1.29 bits per heavy atom. The van der Waals surface area contributed by atoms with E-state index in [1.54, 1.807) is 0 Å². The van der Waals surface area contributed by atoms with Gasteiger partial charge in [0.1, 0.15) is 6.34 Å². The Kier molecular flexibility index (Phi) is 5.15. The van der Waals surface area contributed by atoms with Crippen molar-refractivity contribution in [1.29, 1.82) is 0 Å². The molecule has 9 heteroatoms. The highest BCUT2D eigenvalue weighted by molar-refractivity contribution is 6.32. The fourth-order valence-electron chi connectivity index (χ4n) is 2.23. The molecule has 0 aromatic carbocycles. The third-order valence-corrected chi connectivity index (χ3v) is 3.51. The van der Waals surface area contributed by atoms with E-state index in [4.69, 9.17) is 23.2 Å². The molecule has 0 aliphatic carbocycles. The maximum atomic E-state index is 11.8. The van der Waals surface area contributed by atoms with Crippen molar-refractivity contribution < 1.29 is 4.79 Å². The first-order chi connectivity index (χ1) is 10.1. The zero-order valence-corrected chi connectivity index (χ0v) is 12.3. The van der Waals surface area contributed by atoms with E-state index >= 15 is 0 Å². The Labute approximate surface area is 127 Å². The van der Waals surface area contributed by atoms with Gasteiger partial charge in [-0.2, -0.15) is 5.10 Å². The summed E-state index contributed by atoms with van der Waals surface area (Å²) in [5, 5.41) is 5.65. The van der Waals surface area contributed by atoms with Gasteiger partial charge in [0.2, 0.25) is 0 Å². The van der Waals surface area contributed by atoms with Crippen molar-refractivity contribution >= 4 is 35.5 Å². The van der Waals surface area contributed by atoms with Gasteiger partial charge in [0.05, 0.1) is 0 Å². The highest BCUT2D eigenvalue weighted by Crippen LogP contribution is 2.26. The summed E-state index contributed by atoms with van der Waals surface area (Å²) < 4.78 is 0. The highest BCUT2D eigenvalue weighted by Gasteiger charge is 2.20. The Bertz CT molecular complexity index is 541. The lowest BCUT2D eigenvalue weighted by Crippen LogP contribution is -2.28. The molecular formula is C12H18ClN7O. The van der Waals surface area contributed by atoms with Crippen LogP contribution in [-0.4, -0.2) is 35.3 Å². The minimum Gasteiger partial charge on any atom is -0.382 e. The SMILES string of the molecule is N/N=C\NC(=O)c1nc(Cl)c(N2CCCCCC2)nc1N. The first-order valence-electron chi connectivity index (χ1n) is 6.74. The van der Waals surface area contributed by atoms with Crippen LogP contribution in [0.25, 0.3) is 0 Å². The van der Waals surface area contributed by atoms with E-state index in [0.29, 0.717) is 5.82 Å². The van der Waals surface area contributed by atoms with E-state index in [9.17, 15) is 4.79 Å². The van der Waals surface area contributed by atoms with Crippen LogP contribution in [0.5, 0.6) is 0 Å². The first-order valence-corrected chi connectivity index (χ1v) is 7.12. The zero-order chi connectivity index (χ0) is 15.2. The Hall–Kier alpha value is -2.09. The molecule has 114 valence electrons. The second-order valence-electron chi connectivity index (χ2n) is 4.72. The molecule has 1 amide bonds. The maximum Gasteiger partial charge on any atom is 0.278 e.